The quantitative estimate of drug-likeness (QED) is 0.552. The van der Waals surface area contributed by atoms with Crippen LogP contribution in [0.1, 0.15) is 28.4 Å². The fourth-order valence-corrected chi connectivity index (χ4v) is 1.93. The molecule has 1 aromatic carbocycles. The Morgan fingerprint density at radius 2 is 2.11 bits per heavy atom. The monoisotopic (exact) mass is 265 g/mol. The first kappa shape index (κ1) is 15.8. The van der Waals surface area contributed by atoms with Crippen LogP contribution in [0.5, 0.6) is 0 Å². The number of hydrogen-bond donors (Lipinski definition) is 2. The van der Waals surface area contributed by atoms with E-state index in [1.54, 1.807) is 0 Å². The van der Waals surface area contributed by atoms with Crippen LogP contribution in [0.3, 0.4) is 0 Å². The summed E-state index contributed by atoms with van der Waals surface area (Å²) in [5.74, 6) is 0.0969. The van der Waals surface area contributed by atoms with Gasteiger partial charge in [0.25, 0.3) is 0 Å². The van der Waals surface area contributed by atoms with Crippen molar-refractivity contribution in [2.75, 3.05) is 26.4 Å². The predicted molar refractivity (Wildman–Crippen MR) is 75.6 cm³/mol. The number of rotatable bonds is 8. The fourth-order valence-electron chi connectivity index (χ4n) is 1.93. The summed E-state index contributed by atoms with van der Waals surface area (Å²) in [5, 5.41) is 11.7. The molecule has 2 N–H and O–H groups in total. The Balaban J connectivity index is 2.47. The van der Waals surface area contributed by atoms with Gasteiger partial charge in [0.15, 0.2) is 5.78 Å². The van der Waals surface area contributed by atoms with E-state index in [1.165, 1.54) is 0 Å². The molecular formula is C15H23NO3. The molecule has 1 rings (SSSR count). The second-order valence-corrected chi connectivity index (χ2v) is 4.69. The number of carbonyl (C=O) groups excluding carboxylic acids is 1. The molecule has 4 nitrogen and oxygen atoms in total. The van der Waals surface area contributed by atoms with Gasteiger partial charge >= 0.3 is 0 Å². The summed E-state index contributed by atoms with van der Waals surface area (Å²) in [6.45, 7) is 7.27. The van der Waals surface area contributed by atoms with Crippen molar-refractivity contribution in [1.82, 2.24) is 5.32 Å². The number of carbonyl (C=O) groups is 1. The summed E-state index contributed by atoms with van der Waals surface area (Å²) in [5.41, 5.74) is 2.93. The third kappa shape index (κ3) is 5.11. The van der Waals surface area contributed by atoms with Gasteiger partial charge in [0.1, 0.15) is 0 Å². The Morgan fingerprint density at radius 1 is 1.37 bits per heavy atom. The molecule has 0 aliphatic heterocycles. The van der Waals surface area contributed by atoms with Crippen LogP contribution < -0.4 is 5.32 Å². The SMILES string of the molecule is Cc1ccc(C(=O)C(C)NCCOCCO)c(C)c1. The van der Waals surface area contributed by atoms with E-state index in [2.05, 4.69) is 5.32 Å². The van der Waals surface area contributed by atoms with Crippen molar-refractivity contribution in [2.45, 2.75) is 26.8 Å². The van der Waals surface area contributed by atoms with Gasteiger partial charge in [-0.05, 0) is 26.3 Å². The van der Waals surface area contributed by atoms with Crippen molar-refractivity contribution in [3.05, 3.63) is 34.9 Å². The lowest BCUT2D eigenvalue weighted by atomic mass is 9.98. The summed E-state index contributed by atoms with van der Waals surface area (Å²) < 4.78 is 5.13. The summed E-state index contributed by atoms with van der Waals surface area (Å²) in [4.78, 5) is 12.3. The normalized spacial score (nSPS) is 12.4. The molecule has 1 atom stereocenters. The molecule has 0 radical (unpaired) electrons. The first-order valence-corrected chi connectivity index (χ1v) is 6.59. The lowest BCUT2D eigenvalue weighted by Gasteiger charge is -2.14. The molecule has 1 unspecified atom stereocenters. The lowest BCUT2D eigenvalue weighted by Crippen LogP contribution is -2.36. The number of aliphatic hydroxyl groups excluding tert-OH is 1. The summed E-state index contributed by atoms with van der Waals surface area (Å²) in [7, 11) is 0. The van der Waals surface area contributed by atoms with Gasteiger partial charge in [-0.25, -0.2) is 0 Å². The molecule has 0 spiro atoms. The highest BCUT2D eigenvalue weighted by atomic mass is 16.5. The summed E-state index contributed by atoms with van der Waals surface area (Å²) in [6.07, 6.45) is 0. The molecule has 0 bridgehead atoms. The molecular weight excluding hydrogens is 242 g/mol. The van der Waals surface area contributed by atoms with E-state index in [1.807, 2.05) is 39.0 Å². The Hall–Kier alpha value is -1.23. The van der Waals surface area contributed by atoms with Crippen molar-refractivity contribution in [3.8, 4) is 0 Å². The van der Waals surface area contributed by atoms with Crippen LogP contribution in [-0.2, 0) is 4.74 Å². The first-order chi connectivity index (χ1) is 9.06. The number of nitrogens with one attached hydrogen (secondary N) is 1. The maximum absolute atomic E-state index is 12.3. The van der Waals surface area contributed by atoms with Crippen LogP contribution in [0.4, 0.5) is 0 Å². The third-order valence-corrected chi connectivity index (χ3v) is 2.97. The van der Waals surface area contributed by atoms with Crippen LogP contribution >= 0.6 is 0 Å². The van der Waals surface area contributed by atoms with Crippen LogP contribution in [-0.4, -0.2) is 43.3 Å². The molecule has 4 heteroatoms. The molecule has 0 aromatic heterocycles. The smallest absolute Gasteiger partial charge is 0.179 e. The number of Topliss-reactive ketones (excluding diaryl/α,β-unsaturated/α-hetero) is 1. The molecule has 0 amide bonds. The average molecular weight is 265 g/mol. The molecule has 0 fully saturated rings. The van der Waals surface area contributed by atoms with Crippen LogP contribution in [0.15, 0.2) is 18.2 Å². The van der Waals surface area contributed by atoms with Crippen molar-refractivity contribution >= 4 is 5.78 Å². The highest BCUT2D eigenvalue weighted by Crippen LogP contribution is 2.12. The minimum absolute atomic E-state index is 0.0248. The van der Waals surface area contributed by atoms with Crippen LogP contribution in [0.2, 0.25) is 0 Å². The Kier molecular flexibility index (Phi) is 6.70. The van der Waals surface area contributed by atoms with Crippen molar-refractivity contribution in [1.29, 1.82) is 0 Å². The maximum atomic E-state index is 12.3. The molecule has 0 saturated heterocycles. The minimum atomic E-state index is -0.237. The molecule has 0 aliphatic carbocycles. The number of aliphatic hydroxyl groups is 1. The second kappa shape index (κ2) is 8.04. The van der Waals surface area contributed by atoms with Gasteiger partial charge in [-0.1, -0.05) is 23.8 Å². The van der Waals surface area contributed by atoms with Crippen molar-refractivity contribution in [2.24, 2.45) is 0 Å². The number of benzene rings is 1. The first-order valence-electron chi connectivity index (χ1n) is 6.59. The molecule has 0 heterocycles. The lowest BCUT2D eigenvalue weighted by molar-refractivity contribution is 0.0870. The summed E-state index contributed by atoms with van der Waals surface area (Å²) in [6, 6.07) is 5.62. The van der Waals surface area contributed by atoms with Gasteiger partial charge in [0.05, 0.1) is 25.9 Å². The molecule has 106 valence electrons. The zero-order chi connectivity index (χ0) is 14.3. The van der Waals surface area contributed by atoms with E-state index >= 15 is 0 Å². The largest absolute Gasteiger partial charge is 0.394 e. The van der Waals surface area contributed by atoms with Crippen molar-refractivity contribution < 1.29 is 14.6 Å². The molecule has 0 aliphatic rings. The van der Waals surface area contributed by atoms with Gasteiger partial charge in [0.2, 0.25) is 0 Å². The zero-order valence-electron chi connectivity index (χ0n) is 11.9. The number of ether oxygens (including phenoxy) is 1. The highest BCUT2D eigenvalue weighted by Gasteiger charge is 2.16. The molecule has 0 saturated carbocycles. The van der Waals surface area contributed by atoms with Crippen LogP contribution in [0.25, 0.3) is 0 Å². The fraction of sp³-hybridized carbons (Fsp3) is 0.533. The Morgan fingerprint density at radius 3 is 2.74 bits per heavy atom. The van der Waals surface area contributed by atoms with Gasteiger partial charge in [-0.2, -0.15) is 0 Å². The van der Waals surface area contributed by atoms with E-state index in [-0.39, 0.29) is 18.4 Å². The van der Waals surface area contributed by atoms with Gasteiger partial charge in [0, 0.05) is 12.1 Å². The predicted octanol–water partition coefficient (Wildman–Crippen LogP) is 1.47. The van der Waals surface area contributed by atoms with Gasteiger partial charge in [-0.15, -0.1) is 0 Å². The minimum Gasteiger partial charge on any atom is -0.394 e. The average Bonchev–Trinajstić information content (AvgIpc) is 2.37. The van der Waals surface area contributed by atoms with E-state index in [4.69, 9.17) is 9.84 Å². The zero-order valence-corrected chi connectivity index (χ0v) is 11.9. The standard InChI is InChI=1S/C15H23NO3/c1-11-4-5-14(12(2)10-11)15(18)13(3)16-6-8-19-9-7-17/h4-5,10,13,16-17H,6-9H2,1-3H3. The van der Waals surface area contributed by atoms with Gasteiger partial charge in [-0.3, -0.25) is 4.79 Å². The van der Waals surface area contributed by atoms with Crippen LogP contribution in [0, 0.1) is 13.8 Å². The van der Waals surface area contributed by atoms with E-state index in [0.29, 0.717) is 19.8 Å². The number of ketones is 1. The third-order valence-electron chi connectivity index (χ3n) is 2.97. The van der Waals surface area contributed by atoms with E-state index < -0.39 is 0 Å². The Bertz CT molecular complexity index is 418. The molecule has 1 aromatic rings. The second-order valence-electron chi connectivity index (χ2n) is 4.69. The Labute approximate surface area is 114 Å². The topological polar surface area (TPSA) is 58.6 Å². The summed E-state index contributed by atoms with van der Waals surface area (Å²) >= 11 is 0. The van der Waals surface area contributed by atoms with E-state index in [9.17, 15) is 4.79 Å². The van der Waals surface area contributed by atoms with E-state index in [0.717, 1.165) is 16.7 Å². The van der Waals surface area contributed by atoms with Crippen molar-refractivity contribution in [3.63, 3.8) is 0 Å². The number of aryl methyl sites for hydroxylation is 2. The molecule has 19 heavy (non-hydrogen) atoms. The highest BCUT2D eigenvalue weighted by molar-refractivity contribution is 6.01. The maximum Gasteiger partial charge on any atom is 0.179 e. The van der Waals surface area contributed by atoms with Gasteiger partial charge < -0.3 is 15.2 Å². The number of hydrogen-bond acceptors (Lipinski definition) is 4.